The Labute approximate surface area is 371 Å². The molecule has 6 rings (SSSR count). The molecule has 2 amide bonds. The number of rotatable bonds is 7. The molecule has 53 heavy (non-hydrogen) atoms. The fraction of sp³-hybridized carbons (Fsp3) is 0.467. The van der Waals surface area contributed by atoms with Crippen LogP contribution in [0.4, 0.5) is 0 Å². The van der Waals surface area contributed by atoms with E-state index in [1.165, 1.54) is 35.8 Å². The third-order valence-corrected chi connectivity index (χ3v) is 7.76. The number of esters is 4. The van der Waals surface area contributed by atoms with Crippen LogP contribution in [0.5, 0.6) is 0 Å². The first kappa shape index (κ1) is 47.2. The van der Waals surface area contributed by atoms with Crippen molar-refractivity contribution in [1.29, 1.82) is 0 Å². The number of cyclic esters (lactones) is 1. The Morgan fingerprint density at radius 2 is 1.34 bits per heavy atom. The molecule has 0 aromatic heterocycles. The van der Waals surface area contributed by atoms with Gasteiger partial charge in [0.05, 0.1) is 31.6 Å². The van der Waals surface area contributed by atoms with Crippen molar-refractivity contribution in [3.05, 3.63) is 58.1 Å². The van der Waals surface area contributed by atoms with Crippen LogP contribution in [0.1, 0.15) is 60.0 Å². The van der Waals surface area contributed by atoms with E-state index in [0.717, 1.165) is 11.1 Å². The molecule has 6 unspecified atom stereocenters. The molecule has 6 atom stereocenters. The van der Waals surface area contributed by atoms with Gasteiger partial charge in [-0.1, -0.05) is 0 Å². The van der Waals surface area contributed by atoms with E-state index >= 15 is 0 Å². The van der Waals surface area contributed by atoms with Gasteiger partial charge in [-0.2, -0.15) is 0 Å². The van der Waals surface area contributed by atoms with Crippen molar-refractivity contribution in [3.63, 3.8) is 0 Å². The predicted molar refractivity (Wildman–Crippen MR) is 218 cm³/mol. The molecule has 2 N–H and O–H groups in total. The van der Waals surface area contributed by atoms with Crippen LogP contribution in [0, 0.1) is 13.8 Å². The fourth-order valence-electron chi connectivity index (χ4n) is 5.47. The van der Waals surface area contributed by atoms with Gasteiger partial charge in [0.25, 0.3) is 6.29 Å². The standard InChI is InChI=1S/C18H17NO7.C12H15NO7.5HI.2V/c1-8-5-10-11(6-9(8)2)18(25-16(10)22)26-17(23)15-12(3-4-20)24-14-7-13(21)19(14)15;1-6(15)18-7(2)19-12(17)11-8(3-4-14)20-10-5-9(16)13(10)11;;;;;;;/h3,5-6,14-15,18,20H,4,7H2,1-2H3;3,7,10-11,14H,4-5H2,1-2H3;5*1H;;/q;;;;;;;+2;+3/p-5/b12-3-;8-3-;;;;;;;. The molecule has 0 bridgehead atoms. The molecular weight excluding hydrogens is 1350 g/mol. The van der Waals surface area contributed by atoms with Crippen LogP contribution in [0.15, 0.2) is 35.8 Å². The Balaban J connectivity index is 0.000000249. The summed E-state index contributed by atoms with van der Waals surface area (Å²) >= 11 is 12.1. The van der Waals surface area contributed by atoms with Crippen molar-refractivity contribution < 1.29 is 81.8 Å². The Bertz CT molecular complexity index is 1650. The van der Waals surface area contributed by atoms with Crippen molar-refractivity contribution >= 4 is 136 Å². The summed E-state index contributed by atoms with van der Waals surface area (Å²) < 4.78 is 31.1. The van der Waals surface area contributed by atoms with E-state index in [2.05, 4.69) is 105 Å². The minimum atomic E-state index is -1.17. The molecule has 5 aliphatic heterocycles. The molecule has 0 spiro atoms. The summed E-state index contributed by atoms with van der Waals surface area (Å²) in [7, 11) is 0.628. The van der Waals surface area contributed by atoms with E-state index < -0.39 is 61.0 Å². The number of aliphatic hydroxyl groups excluding tert-OH is 2. The summed E-state index contributed by atoms with van der Waals surface area (Å²) in [5.74, 6) is -2.84. The molecular formula is C30H32I5N2O14V2. The second-order valence-corrected chi connectivity index (χ2v) is 58.3. The van der Waals surface area contributed by atoms with Gasteiger partial charge < -0.3 is 38.6 Å². The topological polar surface area (TPSA) is 205 Å². The quantitative estimate of drug-likeness (QED) is 0.167. The average molecular weight is 1380 g/mol. The van der Waals surface area contributed by atoms with Gasteiger partial charge in [0, 0.05) is 19.4 Å². The third-order valence-electron chi connectivity index (χ3n) is 7.76. The van der Waals surface area contributed by atoms with E-state index in [9.17, 15) is 28.8 Å². The number of aliphatic hydroxyl groups is 2. The Morgan fingerprint density at radius 1 is 0.887 bits per heavy atom. The Kier molecular flexibility index (Phi) is 19.7. The second-order valence-electron chi connectivity index (χ2n) is 11.1. The van der Waals surface area contributed by atoms with E-state index in [-0.39, 0.29) is 54.3 Å². The zero-order valence-corrected chi connectivity index (χ0v) is 41.7. The number of aryl methyl sites for hydroxylation is 2. The number of β-lactam (4-membered cyclic amide) rings is 2. The maximum atomic E-state index is 12.7. The van der Waals surface area contributed by atoms with E-state index in [1.54, 1.807) is 12.1 Å². The number of hydrogen-bond donors (Lipinski definition) is 2. The van der Waals surface area contributed by atoms with E-state index in [4.69, 9.17) is 33.9 Å². The average Bonchev–Trinajstić information content (AvgIpc) is 3.63. The normalized spacial score (nSPS) is 24.8. The molecule has 1 aromatic rings. The fourth-order valence-corrected chi connectivity index (χ4v) is 5.47. The number of hydrogen-bond acceptors (Lipinski definition) is 14. The van der Waals surface area contributed by atoms with Crippen molar-refractivity contribution in [2.24, 2.45) is 0 Å². The van der Waals surface area contributed by atoms with Gasteiger partial charge in [-0.3, -0.25) is 24.2 Å². The molecule has 0 radical (unpaired) electrons. The van der Waals surface area contributed by atoms with Gasteiger partial charge >= 0.3 is 138 Å². The number of fused-ring (bicyclic) bond motifs is 3. The van der Waals surface area contributed by atoms with E-state index in [0.29, 0.717) is 20.6 Å². The number of carbonyl (C=O) groups is 6. The molecule has 0 aliphatic carbocycles. The second kappa shape index (κ2) is 22.1. The molecule has 0 saturated carbocycles. The SMILES string of the molecule is CC(=O)OC(C)OC(=O)C1/C(=C/CO)OC2CC(=O)N21.Cc1cc2c(cc1C)C(OC(=O)C1/C(=C/CO)OC3CC(=O)N31)OC2=O.[I][V]([I])[I].[I][V][I]. The van der Waals surface area contributed by atoms with Crippen molar-refractivity contribution in [1.82, 2.24) is 9.80 Å². The number of carbonyl (C=O) groups excluding carboxylic acids is 6. The Hall–Kier alpha value is -0.141. The van der Waals surface area contributed by atoms with Crippen molar-refractivity contribution in [3.8, 4) is 0 Å². The zero-order chi connectivity index (χ0) is 39.7. The summed E-state index contributed by atoms with van der Waals surface area (Å²) in [4.78, 5) is 73.1. The van der Waals surface area contributed by atoms with Crippen LogP contribution in [-0.4, -0.2) is 99.7 Å². The molecule has 23 heteroatoms. The summed E-state index contributed by atoms with van der Waals surface area (Å²) in [5.41, 5.74) is 2.70. The molecule has 5 aliphatic rings. The number of amides is 2. The van der Waals surface area contributed by atoms with Crippen LogP contribution < -0.4 is 0 Å². The van der Waals surface area contributed by atoms with E-state index in [1.807, 2.05) is 13.8 Å². The van der Waals surface area contributed by atoms with Crippen LogP contribution in [0.2, 0.25) is 0 Å². The Morgan fingerprint density at radius 3 is 1.77 bits per heavy atom. The van der Waals surface area contributed by atoms with Gasteiger partial charge in [-0.15, -0.1) is 0 Å². The predicted octanol–water partition coefficient (Wildman–Crippen LogP) is 4.54. The molecule has 16 nitrogen and oxygen atoms in total. The molecule has 5 heterocycles. The van der Waals surface area contributed by atoms with Gasteiger partial charge in [0.1, 0.15) is 11.5 Å². The number of benzene rings is 1. The minimum absolute atomic E-state index is 0.165. The zero-order valence-electron chi connectivity index (χ0n) is 28.1. The molecule has 1 aromatic carbocycles. The number of halogens is 5. The summed E-state index contributed by atoms with van der Waals surface area (Å²) in [6.45, 7) is 5.67. The van der Waals surface area contributed by atoms with Crippen LogP contribution >= 0.6 is 99.9 Å². The van der Waals surface area contributed by atoms with Gasteiger partial charge in [-0.25, -0.2) is 14.4 Å². The first-order valence-electron chi connectivity index (χ1n) is 15.2. The van der Waals surface area contributed by atoms with Crippen LogP contribution in [-0.2, 0) is 66.8 Å². The first-order valence-corrected chi connectivity index (χ1v) is 37.7. The summed E-state index contributed by atoms with van der Waals surface area (Å²) in [6, 6.07) is 1.33. The summed E-state index contributed by atoms with van der Waals surface area (Å²) in [5, 5.41) is 18.0. The van der Waals surface area contributed by atoms with Gasteiger partial charge in [0.15, 0.2) is 24.5 Å². The van der Waals surface area contributed by atoms with Crippen molar-refractivity contribution in [2.45, 2.75) is 77.7 Å². The van der Waals surface area contributed by atoms with Gasteiger partial charge in [0.2, 0.25) is 18.1 Å². The molecule has 4 saturated heterocycles. The van der Waals surface area contributed by atoms with Crippen molar-refractivity contribution in [2.75, 3.05) is 13.2 Å². The van der Waals surface area contributed by atoms with Crippen LogP contribution in [0.25, 0.3) is 0 Å². The molecule has 4 fully saturated rings. The number of nitrogens with zero attached hydrogens (tertiary/aromatic N) is 2. The van der Waals surface area contributed by atoms with Crippen LogP contribution in [0.3, 0.4) is 0 Å². The summed E-state index contributed by atoms with van der Waals surface area (Å²) in [6.07, 6.45) is -0.282. The monoisotopic (exact) mass is 1380 g/mol. The maximum absolute atomic E-state index is 12.7. The molecule has 291 valence electrons. The first-order chi connectivity index (χ1) is 25.0. The third kappa shape index (κ3) is 12.4. The number of ether oxygens (including phenoxy) is 6. The van der Waals surface area contributed by atoms with Gasteiger partial charge in [-0.05, 0) is 49.3 Å².